The molecule has 0 N–H and O–H groups in total. The molecule has 2 heteroatoms. The Morgan fingerprint density at radius 3 is 1.44 bits per heavy atom. The number of rotatable bonds is 5. The Morgan fingerprint density at radius 1 is 0.688 bits per heavy atom. The first-order chi connectivity index (χ1) is 8.77. The predicted molar refractivity (Wildman–Crippen MR) is 71.8 cm³/mol. The second-order valence-corrected chi connectivity index (χ2v) is 9.24. The summed E-state index contributed by atoms with van der Waals surface area (Å²) >= 11 is 0.410. The molecule has 0 heterocycles. The summed E-state index contributed by atoms with van der Waals surface area (Å²) in [5.41, 5.74) is 2.17. The van der Waals surface area contributed by atoms with Gasteiger partial charge in [-0.1, -0.05) is 0 Å². The van der Waals surface area contributed by atoms with E-state index < -0.39 is 0 Å². The van der Waals surface area contributed by atoms with Gasteiger partial charge in [-0.3, -0.25) is 0 Å². The van der Waals surface area contributed by atoms with Gasteiger partial charge in [0.1, 0.15) is 0 Å². The number of hydrogen-bond donors (Lipinski definition) is 0. The van der Waals surface area contributed by atoms with Gasteiger partial charge in [0.25, 0.3) is 0 Å². The Hall–Kier alpha value is -0.521. The molecule has 2 atom stereocenters. The molecule has 82 valence electrons. The van der Waals surface area contributed by atoms with Gasteiger partial charge in [-0.05, 0) is 0 Å². The molecule has 0 fully saturated rings. The minimum atomic E-state index is -0.129. The molecule has 0 amide bonds. The van der Waals surface area contributed by atoms with E-state index in [-0.39, 0.29) is 36.9 Å². The fraction of sp³-hybridized carbons (Fsp3) is 0.143. The van der Waals surface area contributed by atoms with Crippen molar-refractivity contribution in [1.82, 2.24) is 0 Å². The van der Waals surface area contributed by atoms with Crippen LogP contribution in [0.1, 0.15) is 13.9 Å². The molecule has 0 radical (unpaired) electrons. The summed E-state index contributed by atoms with van der Waals surface area (Å²) in [7, 11) is 0. The van der Waals surface area contributed by atoms with E-state index in [9.17, 15) is 0 Å². The van der Waals surface area contributed by atoms with Crippen molar-refractivity contribution in [3.63, 3.8) is 0 Å². The van der Waals surface area contributed by atoms with Crippen molar-refractivity contribution in [3.8, 4) is 0 Å². The molecule has 0 saturated heterocycles. The van der Waals surface area contributed by atoms with Crippen molar-refractivity contribution >= 4 is 26.3 Å². The van der Waals surface area contributed by atoms with Gasteiger partial charge >= 0.3 is 111 Å². The standard InChI is InChI=1S/C14H14Se2/c1-3-7-13(8-4-1)11-15-16-12-14-9-5-2-6-10-14/h1-10H,11-12H2/i11D,12D. The minimum absolute atomic E-state index is 0.129. The zero-order valence-corrected chi connectivity index (χ0v) is 12.2. The maximum absolute atomic E-state index is 8.13. The van der Waals surface area contributed by atoms with Crippen LogP contribution in [0.5, 0.6) is 0 Å². The summed E-state index contributed by atoms with van der Waals surface area (Å²) in [6, 6.07) is 19.9. The zero-order valence-electron chi connectivity index (χ0n) is 10.7. The van der Waals surface area contributed by atoms with Crippen molar-refractivity contribution in [3.05, 3.63) is 71.8 Å². The van der Waals surface area contributed by atoms with Gasteiger partial charge in [-0.15, -0.1) is 0 Å². The van der Waals surface area contributed by atoms with Gasteiger partial charge in [-0.2, -0.15) is 0 Å². The number of hydrogen-bond acceptors (Lipinski definition) is 0. The van der Waals surface area contributed by atoms with Crippen molar-refractivity contribution in [2.75, 3.05) is 0 Å². The van der Waals surface area contributed by atoms with Gasteiger partial charge in [0, 0.05) is 0 Å². The fourth-order valence-electron chi connectivity index (χ4n) is 1.23. The second kappa shape index (κ2) is 6.93. The van der Waals surface area contributed by atoms with Crippen LogP contribution in [0.25, 0.3) is 0 Å². The van der Waals surface area contributed by atoms with Crippen LogP contribution < -0.4 is 0 Å². The van der Waals surface area contributed by atoms with Crippen LogP contribution >= 0.6 is 0 Å². The summed E-state index contributed by atoms with van der Waals surface area (Å²) in [5.74, 6) is 0. The topological polar surface area (TPSA) is 0 Å². The van der Waals surface area contributed by atoms with Crippen LogP contribution in [0.4, 0.5) is 0 Å². The quantitative estimate of drug-likeness (QED) is 0.733. The maximum atomic E-state index is 8.13. The molecule has 2 aromatic rings. The molecule has 0 saturated carbocycles. The first kappa shape index (κ1) is 9.50. The monoisotopic (exact) mass is 344 g/mol. The SMILES string of the molecule is [2H]C([Se][Se]C([2H])c1ccccc1)c1ccccc1. The third-order valence-corrected chi connectivity index (χ3v) is 7.11. The Labute approximate surface area is 111 Å². The molecule has 0 nitrogen and oxygen atoms in total. The average Bonchev–Trinajstić information content (AvgIpc) is 2.46. The Kier molecular flexibility index (Phi) is 4.12. The van der Waals surface area contributed by atoms with Gasteiger partial charge < -0.3 is 0 Å². The van der Waals surface area contributed by atoms with Crippen LogP contribution in [0.2, 0.25) is 0 Å². The Balaban J connectivity index is 1.89. The van der Waals surface area contributed by atoms with Crippen LogP contribution in [0.15, 0.2) is 60.7 Å². The van der Waals surface area contributed by atoms with Gasteiger partial charge in [0.2, 0.25) is 0 Å². The van der Waals surface area contributed by atoms with E-state index in [0.29, 0.717) is 0 Å². The van der Waals surface area contributed by atoms with Crippen LogP contribution in [-0.2, 0) is 10.6 Å². The van der Waals surface area contributed by atoms with Crippen LogP contribution in [-0.4, -0.2) is 26.3 Å². The van der Waals surface area contributed by atoms with E-state index in [4.69, 9.17) is 2.74 Å². The molecule has 16 heavy (non-hydrogen) atoms. The van der Waals surface area contributed by atoms with Gasteiger partial charge in [0.15, 0.2) is 0 Å². The normalized spacial score (nSPS) is 16.0. The average molecular weight is 342 g/mol. The van der Waals surface area contributed by atoms with E-state index in [2.05, 4.69) is 0 Å². The molecular weight excluding hydrogens is 326 g/mol. The third-order valence-electron chi connectivity index (χ3n) is 2.02. The summed E-state index contributed by atoms with van der Waals surface area (Å²) in [5, 5.41) is -0.259. The second-order valence-electron chi connectivity index (χ2n) is 3.25. The van der Waals surface area contributed by atoms with Crippen molar-refractivity contribution in [1.29, 1.82) is 0 Å². The molecule has 0 bridgehead atoms. The molecule has 0 aliphatic heterocycles. The molecule has 0 spiro atoms. The van der Waals surface area contributed by atoms with Gasteiger partial charge in [0.05, 0.1) is 0 Å². The Morgan fingerprint density at radius 2 is 1.06 bits per heavy atom. The van der Waals surface area contributed by atoms with E-state index in [0.717, 1.165) is 11.1 Å². The molecule has 0 aromatic heterocycles. The predicted octanol–water partition coefficient (Wildman–Crippen LogP) is 2.71. The number of benzene rings is 2. The summed E-state index contributed by atoms with van der Waals surface area (Å²) in [6.45, 7) is 0. The first-order valence-corrected chi connectivity index (χ1v) is 11.3. The molecule has 0 aliphatic rings. The van der Waals surface area contributed by atoms with Crippen LogP contribution in [0.3, 0.4) is 0 Å². The molecule has 2 unspecified atom stereocenters. The molecule has 2 rings (SSSR count). The van der Waals surface area contributed by atoms with Gasteiger partial charge in [-0.25, -0.2) is 0 Å². The first-order valence-electron chi connectivity index (χ1n) is 6.19. The van der Waals surface area contributed by atoms with Crippen molar-refractivity contribution < 1.29 is 2.74 Å². The van der Waals surface area contributed by atoms with Crippen molar-refractivity contribution in [2.45, 2.75) is 10.6 Å². The Bertz CT molecular complexity index is 416. The summed E-state index contributed by atoms with van der Waals surface area (Å²) in [4.78, 5) is 0. The fourth-order valence-corrected chi connectivity index (χ4v) is 6.22. The van der Waals surface area contributed by atoms with Crippen molar-refractivity contribution in [2.24, 2.45) is 0 Å². The van der Waals surface area contributed by atoms with E-state index in [1.165, 1.54) is 0 Å². The summed E-state index contributed by atoms with van der Waals surface area (Å²) in [6.07, 6.45) is 0. The van der Waals surface area contributed by atoms with E-state index in [1.807, 2.05) is 60.7 Å². The van der Waals surface area contributed by atoms with E-state index in [1.54, 1.807) is 0 Å². The zero-order chi connectivity index (χ0) is 12.8. The van der Waals surface area contributed by atoms with E-state index >= 15 is 0 Å². The summed E-state index contributed by atoms with van der Waals surface area (Å²) < 4.78 is 16.3. The molecule has 0 aliphatic carbocycles. The third kappa shape index (κ3) is 4.15. The molecule has 2 aromatic carbocycles. The van der Waals surface area contributed by atoms with Crippen LogP contribution in [0, 0.1) is 0 Å². The molecular formula is C14H14Se2.